The Bertz CT molecular complexity index is 993. The third-order valence-electron chi connectivity index (χ3n) is 4.24. The summed E-state index contributed by atoms with van der Waals surface area (Å²) in [4.78, 5) is 31.4. The van der Waals surface area contributed by atoms with Crippen molar-refractivity contribution in [1.29, 1.82) is 0 Å². The molecule has 1 atom stereocenters. The number of carbonyl (C=O) groups excluding carboxylic acids is 1. The second-order valence-electron chi connectivity index (χ2n) is 6.23. The van der Waals surface area contributed by atoms with Crippen molar-refractivity contribution in [3.05, 3.63) is 55.6 Å². The van der Waals surface area contributed by atoms with Crippen molar-refractivity contribution in [2.45, 2.75) is 20.0 Å². The Labute approximate surface area is 168 Å². The van der Waals surface area contributed by atoms with Gasteiger partial charge in [-0.25, -0.2) is 0 Å². The maximum atomic E-state index is 11.2. The van der Waals surface area contributed by atoms with Crippen LogP contribution in [0.3, 0.4) is 0 Å². The number of nitrogens with zero attached hydrogens (tertiary/aromatic N) is 2. The SMILES string of the molecule is CC(=O)c1cc2c(cc1[N+](=O)[O-])OCO2.CC(O)c1cc2c(cc1[N+](=O)[O-])OCO2. The topological polar surface area (TPSA) is 160 Å². The molecule has 0 aliphatic carbocycles. The number of nitro groups is 2. The number of ketones is 1. The Morgan fingerprint density at radius 1 is 0.900 bits per heavy atom. The maximum absolute atomic E-state index is 11.2. The fraction of sp³-hybridized carbons (Fsp3) is 0.278. The Hall–Kier alpha value is -3.93. The van der Waals surface area contributed by atoms with Gasteiger partial charge in [-0.3, -0.25) is 25.0 Å². The molecule has 30 heavy (non-hydrogen) atoms. The van der Waals surface area contributed by atoms with Crippen LogP contribution in [0.5, 0.6) is 23.0 Å². The van der Waals surface area contributed by atoms with Crippen molar-refractivity contribution in [3.8, 4) is 23.0 Å². The highest BCUT2D eigenvalue weighted by Crippen LogP contribution is 2.40. The Kier molecular flexibility index (Phi) is 5.69. The van der Waals surface area contributed by atoms with E-state index in [0.29, 0.717) is 23.0 Å². The van der Waals surface area contributed by atoms with E-state index in [9.17, 15) is 30.1 Å². The molecule has 0 saturated heterocycles. The molecule has 0 amide bonds. The van der Waals surface area contributed by atoms with Crippen LogP contribution in [0.4, 0.5) is 11.4 Å². The second-order valence-corrected chi connectivity index (χ2v) is 6.23. The third-order valence-corrected chi connectivity index (χ3v) is 4.24. The summed E-state index contributed by atoms with van der Waals surface area (Å²) in [5.74, 6) is 1.06. The van der Waals surface area contributed by atoms with E-state index < -0.39 is 16.0 Å². The first-order valence-corrected chi connectivity index (χ1v) is 8.54. The Morgan fingerprint density at radius 3 is 1.77 bits per heavy atom. The summed E-state index contributed by atoms with van der Waals surface area (Å²) in [5, 5.41) is 30.8. The van der Waals surface area contributed by atoms with E-state index in [2.05, 4.69) is 0 Å². The summed E-state index contributed by atoms with van der Waals surface area (Å²) < 4.78 is 20.1. The summed E-state index contributed by atoms with van der Waals surface area (Å²) in [6, 6.07) is 5.25. The quantitative estimate of drug-likeness (QED) is 0.442. The van der Waals surface area contributed by atoms with Gasteiger partial charge in [-0.05, 0) is 19.9 Å². The van der Waals surface area contributed by atoms with E-state index in [-0.39, 0.29) is 41.9 Å². The molecule has 0 saturated carbocycles. The van der Waals surface area contributed by atoms with E-state index in [1.165, 1.54) is 38.1 Å². The number of fused-ring (bicyclic) bond motifs is 2. The highest BCUT2D eigenvalue weighted by atomic mass is 16.7. The van der Waals surface area contributed by atoms with E-state index in [1.807, 2.05) is 0 Å². The molecule has 0 spiro atoms. The van der Waals surface area contributed by atoms with E-state index in [1.54, 1.807) is 0 Å². The van der Waals surface area contributed by atoms with Crippen molar-refractivity contribution in [2.24, 2.45) is 0 Å². The molecule has 12 nitrogen and oxygen atoms in total. The van der Waals surface area contributed by atoms with Crippen LogP contribution in [0.15, 0.2) is 24.3 Å². The van der Waals surface area contributed by atoms with Gasteiger partial charge in [0.05, 0.1) is 39.2 Å². The van der Waals surface area contributed by atoms with Crippen molar-refractivity contribution >= 4 is 17.2 Å². The van der Waals surface area contributed by atoms with Crippen molar-refractivity contribution < 1.29 is 38.7 Å². The molecule has 2 aliphatic rings. The first-order chi connectivity index (χ1) is 14.2. The van der Waals surface area contributed by atoms with Gasteiger partial charge in [-0.15, -0.1) is 0 Å². The molecule has 12 heteroatoms. The fourth-order valence-corrected chi connectivity index (χ4v) is 2.80. The van der Waals surface area contributed by atoms with Gasteiger partial charge < -0.3 is 24.1 Å². The number of rotatable bonds is 4. The molecule has 0 fully saturated rings. The van der Waals surface area contributed by atoms with Crippen LogP contribution >= 0.6 is 0 Å². The standard InChI is InChI=1S/C9H9NO5.C9H7NO5/c2*1-5(11)6-2-8-9(15-4-14-8)3-7(6)10(12)13/h2-3,5,11H,4H2,1H3;2-3H,4H2,1H3. The second kappa shape index (κ2) is 8.21. The van der Waals surface area contributed by atoms with Gasteiger partial charge in [0.25, 0.3) is 11.4 Å². The molecule has 1 unspecified atom stereocenters. The number of carbonyl (C=O) groups is 1. The molecule has 2 aromatic carbocycles. The van der Waals surface area contributed by atoms with Crippen LogP contribution in [-0.2, 0) is 0 Å². The molecular formula is C18H16N2O10. The zero-order valence-electron chi connectivity index (χ0n) is 15.8. The normalized spacial score (nSPS) is 13.8. The fourth-order valence-electron chi connectivity index (χ4n) is 2.80. The minimum atomic E-state index is -0.917. The summed E-state index contributed by atoms with van der Waals surface area (Å²) in [6.07, 6.45) is -0.917. The molecular weight excluding hydrogens is 404 g/mol. The molecule has 4 rings (SSSR count). The molecule has 2 heterocycles. The smallest absolute Gasteiger partial charge is 0.284 e. The van der Waals surface area contributed by atoms with Crippen LogP contribution in [0.1, 0.15) is 35.9 Å². The van der Waals surface area contributed by atoms with Crippen molar-refractivity contribution in [2.75, 3.05) is 13.6 Å². The van der Waals surface area contributed by atoms with Crippen LogP contribution in [0, 0.1) is 20.2 Å². The van der Waals surface area contributed by atoms with Crippen molar-refractivity contribution in [1.82, 2.24) is 0 Å². The molecule has 2 aromatic rings. The van der Waals surface area contributed by atoms with Gasteiger partial charge in [-0.1, -0.05) is 0 Å². The number of hydrogen-bond acceptors (Lipinski definition) is 10. The summed E-state index contributed by atoms with van der Waals surface area (Å²) in [5.41, 5.74) is -0.158. The largest absolute Gasteiger partial charge is 0.454 e. The molecule has 0 radical (unpaired) electrons. The zero-order chi connectivity index (χ0) is 22.0. The van der Waals surface area contributed by atoms with E-state index in [0.717, 1.165) is 0 Å². The summed E-state index contributed by atoms with van der Waals surface area (Å²) >= 11 is 0. The Morgan fingerprint density at radius 2 is 1.33 bits per heavy atom. The first-order valence-electron chi connectivity index (χ1n) is 8.54. The van der Waals surface area contributed by atoms with Gasteiger partial charge in [0.1, 0.15) is 0 Å². The van der Waals surface area contributed by atoms with Crippen molar-refractivity contribution in [3.63, 3.8) is 0 Å². The minimum absolute atomic E-state index is 0.0217. The first kappa shape index (κ1) is 20.8. The molecule has 2 aliphatic heterocycles. The number of benzene rings is 2. The summed E-state index contributed by atoms with van der Waals surface area (Å²) in [6.45, 7) is 2.80. The molecule has 1 N–H and O–H groups in total. The molecule has 0 bridgehead atoms. The Balaban J connectivity index is 0.000000171. The predicted molar refractivity (Wildman–Crippen MR) is 99.1 cm³/mol. The summed E-state index contributed by atoms with van der Waals surface area (Å²) in [7, 11) is 0. The number of nitro benzene ring substituents is 2. The number of Topliss-reactive ketones (excluding diaryl/α,β-unsaturated/α-hetero) is 1. The van der Waals surface area contributed by atoms with E-state index in [4.69, 9.17) is 18.9 Å². The van der Waals surface area contributed by atoms with Crippen LogP contribution < -0.4 is 18.9 Å². The number of ether oxygens (including phenoxy) is 4. The number of hydrogen-bond donors (Lipinski definition) is 1. The van der Waals surface area contributed by atoms with Crippen LogP contribution in [-0.4, -0.2) is 34.3 Å². The molecule has 158 valence electrons. The average Bonchev–Trinajstić information content (AvgIpc) is 3.34. The van der Waals surface area contributed by atoms with Gasteiger partial charge in [-0.2, -0.15) is 0 Å². The highest BCUT2D eigenvalue weighted by molar-refractivity contribution is 5.99. The van der Waals surface area contributed by atoms with Gasteiger partial charge in [0.2, 0.25) is 13.6 Å². The number of aliphatic hydroxyl groups is 1. The lowest BCUT2D eigenvalue weighted by Crippen LogP contribution is -1.99. The molecule has 0 aromatic heterocycles. The maximum Gasteiger partial charge on any atom is 0.284 e. The van der Waals surface area contributed by atoms with Crippen LogP contribution in [0.2, 0.25) is 0 Å². The average molecular weight is 420 g/mol. The van der Waals surface area contributed by atoms with Gasteiger partial charge in [0.15, 0.2) is 28.8 Å². The lowest BCUT2D eigenvalue weighted by atomic mass is 10.1. The lowest BCUT2D eigenvalue weighted by Gasteiger charge is -2.06. The minimum Gasteiger partial charge on any atom is -0.454 e. The third kappa shape index (κ3) is 4.07. The van der Waals surface area contributed by atoms with Gasteiger partial charge >= 0.3 is 0 Å². The van der Waals surface area contributed by atoms with Crippen LogP contribution in [0.25, 0.3) is 0 Å². The lowest BCUT2D eigenvalue weighted by molar-refractivity contribution is -0.386. The predicted octanol–water partition coefficient (Wildman–Crippen LogP) is 2.90. The zero-order valence-corrected chi connectivity index (χ0v) is 15.8. The highest BCUT2D eigenvalue weighted by Gasteiger charge is 2.26. The monoisotopic (exact) mass is 420 g/mol. The van der Waals surface area contributed by atoms with E-state index >= 15 is 0 Å². The van der Waals surface area contributed by atoms with Gasteiger partial charge in [0, 0.05) is 6.07 Å². The number of aliphatic hydroxyl groups excluding tert-OH is 1.